The van der Waals surface area contributed by atoms with Crippen LogP contribution >= 0.6 is 15.9 Å². The largest absolute Gasteiger partial charge is 0.483 e. The van der Waals surface area contributed by atoms with Crippen molar-refractivity contribution in [3.8, 4) is 5.75 Å². The standard InChI is InChI=1S/C15H20BrNO2/c1-10-3-5-12(7-10)17-15(18)9-19-14-6-4-11(2)8-13(14)16/h4,6,8,10,12H,3,5,7,9H2,1-2H3,(H,17,18). The van der Waals surface area contributed by atoms with Crippen molar-refractivity contribution in [1.29, 1.82) is 0 Å². The van der Waals surface area contributed by atoms with E-state index in [9.17, 15) is 4.79 Å². The van der Waals surface area contributed by atoms with Crippen molar-refractivity contribution in [1.82, 2.24) is 5.32 Å². The van der Waals surface area contributed by atoms with Gasteiger partial charge in [0.2, 0.25) is 0 Å². The molecule has 1 aliphatic carbocycles. The third-order valence-electron chi connectivity index (χ3n) is 3.51. The molecule has 1 amide bonds. The molecule has 104 valence electrons. The fraction of sp³-hybridized carbons (Fsp3) is 0.533. The second-order valence-corrected chi connectivity index (χ2v) is 6.26. The van der Waals surface area contributed by atoms with E-state index in [1.165, 1.54) is 6.42 Å². The second-order valence-electron chi connectivity index (χ2n) is 5.41. The minimum atomic E-state index is -0.0356. The third kappa shape index (κ3) is 4.23. The molecule has 1 N–H and O–H groups in total. The van der Waals surface area contributed by atoms with Crippen molar-refractivity contribution >= 4 is 21.8 Å². The van der Waals surface area contributed by atoms with Gasteiger partial charge >= 0.3 is 0 Å². The van der Waals surface area contributed by atoms with E-state index in [2.05, 4.69) is 28.2 Å². The van der Waals surface area contributed by atoms with E-state index in [0.29, 0.717) is 11.8 Å². The van der Waals surface area contributed by atoms with Crippen molar-refractivity contribution in [3.05, 3.63) is 28.2 Å². The summed E-state index contributed by atoms with van der Waals surface area (Å²) < 4.78 is 6.42. The van der Waals surface area contributed by atoms with E-state index in [0.717, 1.165) is 28.8 Å². The van der Waals surface area contributed by atoms with Gasteiger partial charge in [-0.2, -0.15) is 0 Å². The first kappa shape index (κ1) is 14.4. The van der Waals surface area contributed by atoms with Gasteiger partial charge in [-0.3, -0.25) is 4.79 Å². The number of nitrogens with one attached hydrogen (secondary N) is 1. The van der Waals surface area contributed by atoms with Gasteiger partial charge in [0.05, 0.1) is 4.47 Å². The number of hydrogen-bond donors (Lipinski definition) is 1. The van der Waals surface area contributed by atoms with Crippen LogP contribution in [-0.4, -0.2) is 18.6 Å². The summed E-state index contributed by atoms with van der Waals surface area (Å²) in [6, 6.07) is 6.15. The zero-order valence-electron chi connectivity index (χ0n) is 11.4. The molecule has 0 aliphatic heterocycles. The average molecular weight is 326 g/mol. The molecule has 0 saturated heterocycles. The lowest BCUT2D eigenvalue weighted by Crippen LogP contribution is -2.36. The monoisotopic (exact) mass is 325 g/mol. The molecule has 2 rings (SSSR count). The Labute approximate surface area is 122 Å². The molecule has 1 aromatic rings. The molecule has 0 bridgehead atoms. The van der Waals surface area contributed by atoms with Gasteiger partial charge < -0.3 is 10.1 Å². The highest BCUT2D eigenvalue weighted by atomic mass is 79.9. The minimum absolute atomic E-state index is 0.0356. The van der Waals surface area contributed by atoms with Gasteiger partial charge in [-0.25, -0.2) is 0 Å². The molecule has 4 heteroatoms. The Morgan fingerprint density at radius 3 is 2.89 bits per heavy atom. The summed E-state index contributed by atoms with van der Waals surface area (Å²) >= 11 is 3.44. The van der Waals surface area contributed by atoms with Crippen LogP contribution in [0.2, 0.25) is 0 Å². The maximum Gasteiger partial charge on any atom is 0.258 e. The molecule has 19 heavy (non-hydrogen) atoms. The first-order valence-corrected chi connectivity index (χ1v) is 7.52. The van der Waals surface area contributed by atoms with E-state index in [1.807, 2.05) is 25.1 Å². The lowest BCUT2D eigenvalue weighted by atomic mass is 10.1. The van der Waals surface area contributed by atoms with Crippen LogP contribution in [0.25, 0.3) is 0 Å². The molecule has 0 heterocycles. The predicted octanol–water partition coefficient (Wildman–Crippen LogP) is 3.44. The maximum absolute atomic E-state index is 11.8. The van der Waals surface area contributed by atoms with Crippen LogP contribution in [0.4, 0.5) is 0 Å². The average Bonchev–Trinajstić information content (AvgIpc) is 2.73. The number of carbonyl (C=O) groups excluding carboxylic acids is 1. The number of carbonyl (C=O) groups is 1. The Morgan fingerprint density at radius 1 is 1.47 bits per heavy atom. The molecule has 1 aromatic carbocycles. The highest BCUT2D eigenvalue weighted by molar-refractivity contribution is 9.10. The van der Waals surface area contributed by atoms with Crippen LogP contribution in [0.5, 0.6) is 5.75 Å². The number of rotatable bonds is 4. The minimum Gasteiger partial charge on any atom is -0.483 e. The number of benzene rings is 1. The van der Waals surface area contributed by atoms with Crippen molar-refractivity contribution in [2.45, 2.75) is 39.2 Å². The van der Waals surface area contributed by atoms with E-state index in [-0.39, 0.29) is 12.5 Å². The highest BCUT2D eigenvalue weighted by Gasteiger charge is 2.22. The summed E-state index contributed by atoms with van der Waals surface area (Å²) in [4.78, 5) is 11.8. The Kier molecular flexibility index (Phi) is 4.86. The third-order valence-corrected chi connectivity index (χ3v) is 4.13. The quantitative estimate of drug-likeness (QED) is 0.920. The van der Waals surface area contributed by atoms with E-state index in [1.54, 1.807) is 0 Å². The van der Waals surface area contributed by atoms with Gasteiger partial charge in [0.1, 0.15) is 5.75 Å². The van der Waals surface area contributed by atoms with Crippen LogP contribution in [0.1, 0.15) is 31.7 Å². The van der Waals surface area contributed by atoms with Crippen LogP contribution in [0.15, 0.2) is 22.7 Å². The molecule has 1 fully saturated rings. The maximum atomic E-state index is 11.8. The van der Waals surface area contributed by atoms with Crippen molar-refractivity contribution < 1.29 is 9.53 Å². The fourth-order valence-corrected chi connectivity index (χ4v) is 3.08. The van der Waals surface area contributed by atoms with Crippen LogP contribution < -0.4 is 10.1 Å². The number of hydrogen-bond acceptors (Lipinski definition) is 2. The van der Waals surface area contributed by atoms with Gasteiger partial charge in [0.15, 0.2) is 6.61 Å². The summed E-state index contributed by atoms with van der Waals surface area (Å²) in [5.74, 6) is 1.39. The number of ether oxygens (including phenoxy) is 1. The molecule has 0 spiro atoms. The van der Waals surface area contributed by atoms with Gasteiger partial charge in [-0.05, 0) is 65.7 Å². The van der Waals surface area contributed by atoms with Crippen LogP contribution in [0, 0.1) is 12.8 Å². The Morgan fingerprint density at radius 2 is 2.26 bits per heavy atom. The highest BCUT2D eigenvalue weighted by Crippen LogP contribution is 2.26. The Hall–Kier alpha value is -1.03. The zero-order chi connectivity index (χ0) is 13.8. The van der Waals surface area contributed by atoms with E-state index >= 15 is 0 Å². The van der Waals surface area contributed by atoms with Gasteiger partial charge in [-0.1, -0.05) is 13.0 Å². The van der Waals surface area contributed by atoms with E-state index in [4.69, 9.17) is 4.74 Å². The molecule has 0 aromatic heterocycles. The smallest absolute Gasteiger partial charge is 0.258 e. The summed E-state index contributed by atoms with van der Waals surface area (Å²) in [6.45, 7) is 4.32. The zero-order valence-corrected chi connectivity index (χ0v) is 13.0. The molecule has 1 saturated carbocycles. The lowest BCUT2D eigenvalue weighted by Gasteiger charge is -2.13. The molecular formula is C15H20BrNO2. The van der Waals surface area contributed by atoms with Gasteiger partial charge in [-0.15, -0.1) is 0 Å². The topological polar surface area (TPSA) is 38.3 Å². The normalized spacial score (nSPS) is 22.3. The van der Waals surface area contributed by atoms with Gasteiger partial charge in [0, 0.05) is 6.04 Å². The molecule has 2 unspecified atom stereocenters. The van der Waals surface area contributed by atoms with Crippen LogP contribution in [0.3, 0.4) is 0 Å². The summed E-state index contributed by atoms with van der Waals surface area (Å²) in [6.07, 6.45) is 3.37. The fourth-order valence-electron chi connectivity index (χ4n) is 2.47. The number of halogens is 1. The Bertz CT molecular complexity index is 461. The summed E-state index contributed by atoms with van der Waals surface area (Å²) in [5, 5.41) is 3.03. The molecule has 0 radical (unpaired) electrons. The second kappa shape index (κ2) is 6.42. The first-order chi connectivity index (χ1) is 9.04. The van der Waals surface area contributed by atoms with Crippen LogP contribution in [-0.2, 0) is 4.79 Å². The molecular weight excluding hydrogens is 306 g/mol. The number of amides is 1. The lowest BCUT2D eigenvalue weighted by molar-refractivity contribution is -0.123. The predicted molar refractivity (Wildman–Crippen MR) is 79.3 cm³/mol. The summed E-state index contributed by atoms with van der Waals surface area (Å²) in [5.41, 5.74) is 1.16. The Balaban J connectivity index is 1.80. The van der Waals surface area contributed by atoms with E-state index < -0.39 is 0 Å². The van der Waals surface area contributed by atoms with Crippen molar-refractivity contribution in [3.63, 3.8) is 0 Å². The molecule has 3 nitrogen and oxygen atoms in total. The molecule has 2 atom stereocenters. The van der Waals surface area contributed by atoms with Gasteiger partial charge in [0.25, 0.3) is 5.91 Å². The molecule has 1 aliphatic rings. The van der Waals surface area contributed by atoms with Crippen molar-refractivity contribution in [2.24, 2.45) is 5.92 Å². The number of aryl methyl sites for hydroxylation is 1. The summed E-state index contributed by atoms with van der Waals surface area (Å²) in [7, 11) is 0. The van der Waals surface area contributed by atoms with Crippen molar-refractivity contribution in [2.75, 3.05) is 6.61 Å². The first-order valence-electron chi connectivity index (χ1n) is 6.73. The SMILES string of the molecule is Cc1ccc(OCC(=O)NC2CCC(C)C2)c(Br)c1.